The highest BCUT2D eigenvalue weighted by atomic mass is 32.1. The molecular weight excluding hydrogens is 194 g/mol. The van der Waals surface area contributed by atoms with E-state index in [1.807, 2.05) is 6.92 Å². The van der Waals surface area contributed by atoms with Crippen LogP contribution in [-0.2, 0) is 12.3 Å². The van der Waals surface area contributed by atoms with Gasteiger partial charge in [-0.3, -0.25) is 0 Å². The van der Waals surface area contributed by atoms with Gasteiger partial charge in [-0.15, -0.1) is 11.3 Å². The standard InChI is InChI=1S/C8H12F2N2S/c1-5(11)3-6-4-12-7(13-6)8(2,9)10/h4-5H,3,11H2,1-2H3. The molecule has 0 saturated heterocycles. The summed E-state index contributed by atoms with van der Waals surface area (Å²) in [5.74, 6) is -2.83. The molecular formula is C8H12F2N2S. The molecule has 13 heavy (non-hydrogen) atoms. The maximum absolute atomic E-state index is 12.7. The molecule has 0 saturated carbocycles. The van der Waals surface area contributed by atoms with Crippen LogP contribution in [0.5, 0.6) is 0 Å². The van der Waals surface area contributed by atoms with Crippen molar-refractivity contribution in [1.82, 2.24) is 4.98 Å². The Kier molecular flexibility index (Phi) is 2.98. The molecule has 0 aliphatic heterocycles. The van der Waals surface area contributed by atoms with E-state index < -0.39 is 5.92 Å². The van der Waals surface area contributed by atoms with Crippen molar-refractivity contribution >= 4 is 11.3 Å². The van der Waals surface area contributed by atoms with Crippen molar-refractivity contribution in [3.05, 3.63) is 16.1 Å². The largest absolute Gasteiger partial charge is 0.328 e. The van der Waals surface area contributed by atoms with E-state index in [1.54, 1.807) is 0 Å². The summed E-state index contributed by atoms with van der Waals surface area (Å²) in [6.45, 7) is 2.69. The van der Waals surface area contributed by atoms with Gasteiger partial charge in [-0.25, -0.2) is 4.98 Å². The first kappa shape index (κ1) is 10.5. The maximum atomic E-state index is 12.7. The van der Waals surface area contributed by atoms with Crippen LogP contribution in [-0.4, -0.2) is 11.0 Å². The molecule has 0 spiro atoms. The molecule has 0 aliphatic rings. The van der Waals surface area contributed by atoms with E-state index in [-0.39, 0.29) is 11.0 Å². The molecule has 0 fully saturated rings. The van der Waals surface area contributed by atoms with Crippen molar-refractivity contribution in [3.8, 4) is 0 Å². The summed E-state index contributed by atoms with van der Waals surface area (Å²) >= 11 is 1.03. The second-order valence-corrected chi connectivity index (χ2v) is 4.32. The Morgan fingerprint density at radius 2 is 2.31 bits per heavy atom. The lowest BCUT2D eigenvalue weighted by Crippen LogP contribution is -2.16. The van der Waals surface area contributed by atoms with Crippen molar-refractivity contribution in [1.29, 1.82) is 0 Å². The molecule has 74 valence electrons. The fourth-order valence-electron chi connectivity index (χ4n) is 0.922. The smallest absolute Gasteiger partial charge is 0.296 e. The normalized spacial score (nSPS) is 14.5. The molecule has 1 unspecified atom stereocenters. The molecule has 0 aliphatic carbocycles. The molecule has 2 N–H and O–H groups in total. The van der Waals surface area contributed by atoms with Crippen molar-refractivity contribution < 1.29 is 8.78 Å². The van der Waals surface area contributed by atoms with Crippen LogP contribution in [0, 0.1) is 0 Å². The number of nitrogens with two attached hydrogens (primary N) is 1. The molecule has 1 aromatic rings. The minimum atomic E-state index is -2.83. The Morgan fingerprint density at radius 1 is 1.69 bits per heavy atom. The van der Waals surface area contributed by atoms with Gasteiger partial charge in [0.25, 0.3) is 5.92 Å². The van der Waals surface area contributed by atoms with E-state index in [9.17, 15) is 8.78 Å². The molecule has 0 amide bonds. The summed E-state index contributed by atoms with van der Waals surface area (Å²) in [5, 5.41) is -0.136. The van der Waals surface area contributed by atoms with Gasteiger partial charge >= 0.3 is 0 Å². The molecule has 1 rings (SSSR count). The Hall–Kier alpha value is -0.550. The number of thiazole rings is 1. The summed E-state index contributed by atoms with van der Waals surface area (Å²) in [4.78, 5) is 4.47. The Labute approximate surface area is 79.8 Å². The van der Waals surface area contributed by atoms with Gasteiger partial charge in [-0.1, -0.05) is 0 Å². The van der Waals surface area contributed by atoms with E-state index in [0.29, 0.717) is 6.42 Å². The molecule has 5 heteroatoms. The summed E-state index contributed by atoms with van der Waals surface area (Å²) in [6, 6.07) is -0.0150. The van der Waals surface area contributed by atoms with Crippen LogP contribution in [0.4, 0.5) is 8.78 Å². The minimum Gasteiger partial charge on any atom is -0.328 e. The van der Waals surface area contributed by atoms with E-state index >= 15 is 0 Å². The predicted molar refractivity (Wildman–Crippen MR) is 49.0 cm³/mol. The molecule has 0 aromatic carbocycles. The molecule has 0 bridgehead atoms. The Balaban J connectivity index is 2.75. The zero-order valence-electron chi connectivity index (χ0n) is 7.55. The number of rotatable bonds is 3. The van der Waals surface area contributed by atoms with Gasteiger partial charge in [-0.05, 0) is 13.3 Å². The van der Waals surface area contributed by atoms with E-state index in [4.69, 9.17) is 5.73 Å². The summed E-state index contributed by atoms with van der Waals surface area (Å²) < 4.78 is 25.4. The highest BCUT2D eigenvalue weighted by molar-refractivity contribution is 7.11. The Morgan fingerprint density at radius 3 is 2.69 bits per heavy atom. The van der Waals surface area contributed by atoms with E-state index in [0.717, 1.165) is 23.1 Å². The summed E-state index contributed by atoms with van der Waals surface area (Å²) in [6.07, 6.45) is 2.08. The van der Waals surface area contributed by atoms with Crippen molar-refractivity contribution in [2.45, 2.75) is 32.2 Å². The van der Waals surface area contributed by atoms with Gasteiger partial charge in [0.15, 0.2) is 5.01 Å². The first-order valence-corrected chi connectivity index (χ1v) is 4.80. The average molecular weight is 206 g/mol. The van der Waals surface area contributed by atoms with Crippen molar-refractivity contribution in [2.75, 3.05) is 0 Å². The van der Waals surface area contributed by atoms with Crippen LogP contribution >= 0.6 is 11.3 Å². The fraction of sp³-hybridized carbons (Fsp3) is 0.625. The lowest BCUT2D eigenvalue weighted by atomic mass is 10.2. The second kappa shape index (κ2) is 3.67. The van der Waals surface area contributed by atoms with Crippen molar-refractivity contribution in [2.24, 2.45) is 5.73 Å². The molecule has 2 nitrogen and oxygen atoms in total. The highest BCUT2D eigenvalue weighted by Crippen LogP contribution is 2.30. The van der Waals surface area contributed by atoms with Crippen molar-refractivity contribution in [3.63, 3.8) is 0 Å². The molecule has 1 heterocycles. The van der Waals surface area contributed by atoms with Crippen LogP contribution in [0.3, 0.4) is 0 Å². The van der Waals surface area contributed by atoms with Gasteiger partial charge in [0, 0.05) is 24.0 Å². The number of aromatic nitrogens is 1. The van der Waals surface area contributed by atoms with Gasteiger partial charge in [0.1, 0.15) is 0 Å². The first-order chi connectivity index (χ1) is 5.89. The molecule has 1 aromatic heterocycles. The Bertz CT molecular complexity index is 278. The minimum absolute atomic E-state index is 0.0150. The number of nitrogens with zero attached hydrogens (tertiary/aromatic N) is 1. The third kappa shape index (κ3) is 3.00. The van der Waals surface area contributed by atoms with Gasteiger partial charge in [-0.2, -0.15) is 8.78 Å². The zero-order chi connectivity index (χ0) is 10.1. The quantitative estimate of drug-likeness (QED) is 0.823. The fourth-order valence-corrected chi connectivity index (χ4v) is 1.91. The molecule has 1 atom stereocenters. The van der Waals surface area contributed by atoms with Gasteiger partial charge < -0.3 is 5.73 Å². The molecule has 0 radical (unpaired) electrons. The summed E-state index contributed by atoms with van der Waals surface area (Å²) in [7, 11) is 0. The first-order valence-electron chi connectivity index (χ1n) is 3.98. The van der Waals surface area contributed by atoms with Gasteiger partial charge in [0.05, 0.1) is 0 Å². The number of hydrogen-bond acceptors (Lipinski definition) is 3. The second-order valence-electron chi connectivity index (χ2n) is 3.20. The topological polar surface area (TPSA) is 38.9 Å². The highest BCUT2D eigenvalue weighted by Gasteiger charge is 2.28. The zero-order valence-corrected chi connectivity index (χ0v) is 8.37. The predicted octanol–water partition coefficient (Wildman–Crippen LogP) is 2.14. The van der Waals surface area contributed by atoms with Crippen LogP contribution in [0.2, 0.25) is 0 Å². The lowest BCUT2D eigenvalue weighted by molar-refractivity contribution is 0.0172. The van der Waals surface area contributed by atoms with Crippen LogP contribution < -0.4 is 5.73 Å². The lowest BCUT2D eigenvalue weighted by Gasteiger charge is -2.04. The van der Waals surface area contributed by atoms with Crippen LogP contribution in [0.1, 0.15) is 23.7 Å². The average Bonchev–Trinajstić information content (AvgIpc) is 2.32. The third-order valence-corrected chi connectivity index (χ3v) is 2.64. The van der Waals surface area contributed by atoms with Crippen LogP contribution in [0.15, 0.2) is 6.20 Å². The van der Waals surface area contributed by atoms with E-state index in [2.05, 4.69) is 4.98 Å². The number of hydrogen-bond donors (Lipinski definition) is 1. The summed E-state index contributed by atoms with van der Waals surface area (Å²) in [5.41, 5.74) is 5.53. The maximum Gasteiger partial charge on any atom is 0.296 e. The van der Waals surface area contributed by atoms with E-state index in [1.165, 1.54) is 6.20 Å². The number of alkyl halides is 2. The third-order valence-electron chi connectivity index (χ3n) is 1.45. The number of halogens is 2. The van der Waals surface area contributed by atoms with Gasteiger partial charge in [0.2, 0.25) is 0 Å². The SMILES string of the molecule is CC(N)Cc1cnc(C(C)(F)F)s1. The monoisotopic (exact) mass is 206 g/mol. The van der Waals surface area contributed by atoms with Crippen LogP contribution in [0.25, 0.3) is 0 Å².